The van der Waals surface area contributed by atoms with Crippen molar-refractivity contribution < 1.29 is 9.21 Å². The van der Waals surface area contributed by atoms with Crippen LogP contribution in [0.4, 0.5) is 6.01 Å². The third-order valence-electron chi connectivity index (χ3n) is 2.28. The molecule has 16 heavy (non-hydrogen) atoms. The van der Waals surface area contributed by atoms with Gasteiger partial charge in [-0.2, -0.15) is 0 Å². The van der Waals surface area contributed by atoms with E-state index >= 15 is 0 Å². The second-order valence-electron chi connectivity index (χ2n) is 4.30. The summed E-state index contributed by atoms with van der Waals surface area (Å²) in [5, 5.41) is 13.2. The van der Waals surface area contributed by atoms with Gasteiger partial charge in [0, 0.05) is 12.0 Å². The van der Waals surface area contributed by atoms with Crippen LogP contribution in [-0.2, 0) is 4.79 Å². The second kappa shape index (κ2) is 4.61. The zero-order valence-electron chi connectivity index (χ0n) is 9.49. The first-order valence-corrected chi connectivity index (χ1v) is 5.52. The van der Waals surface area contributed by atoms with Crippen LogP contribution in [0.15, 0.2) is 4.42 Å². The van der Waals surface area contributed by atoms with Gasteiger partial charge in [0.1, 0.15) is 0 Å². The average Bonchev–Trinajstić information content (AvgIpc) is 2.98. The van der Waals surface area contributed by atoms with Crippen molar-refractivity contribution in [1.82, 2.24) is 15.5 Å². The summed E-state index contributed by atoms with van der Waals surface area (Å²) in [5.41, 5.74) is 0. The van der Waals surface area contributed by atoms with Crippen molar-refractivity contribution in [3.63, 3.8) is 0 Å². The van der Waals surface area contributed by atoms with Crippen LogP contribution in [0.5, 0.6) is 0 Å². The molecule has 1 aliphatic carbocycles. The predicted molar refractivity (Wildman–Crippen MR) is 58.0 cm³/mol. The van der Waals surface area contributed by atoms with Crippen molar-refractivity contribution in [2.24, 2.45) is 0 Å². The van der Waals surface area contributed by atoms with E-state index in [9.17, 15) is 4.79 Å². The summed E-state index contributed by atoms with van der Waals surface area (Å²) in [6.07, 6.45) is 2.20. The van der Waals surface area contributed by atoms with E-state index in [2.05, 4.69) is 20.8 Å². The second-order valence-corrected chi connectivity index (χ2v) is 4.30. The van der Waals surface area contributed by atoms with Crippen molar-refractivity contribution in [3.05, 3.63) is 5.89 Å². The topological polar surface area (TPSA) is 80.0 Å². The summed E-state index contributed by atoms with van der Waals surface area (Å²) < 4.78 is 5.30. The lowest BCUT2D eigenvalue weighted by atomic mass is 10.4. The summed E-state index contributed by atoms with van der Waals surface area (Å²) in [5.74, 6) is 0.874. The smallest absolute Gasteiger partial charge is 0.322 e. The van der Waals surface area contributed by atoms with Gasteiger partial charge in [-0.15, -0.1) is 5.10 Å². The number of nitrogens with zero attached hydrogens (tertiary/aromatic N) is 2. The largest absolute Gasteiger partial charge is 0.408 e. The maximum atomic E-state index is 11.4. The van der Waals surface area contributed by atoms with Crippen LogP contribution >= 0.6 is 0 Å². The molecule has 6 heteroatoms. The average molecular weight is 224 g/mol. The number of hydrogen-bond donors (Lipinski definition) is 2. The molecule has 0 atom stereocenters. The van der Waals surface area contributed by atoms with Crippen LogP contribution in [0.2, 0.25) is 0 Å². The third kappa shape index (κ3) is 3.03. The van der Waals surface area contributed by atoms with E-state index in [0.717, 1.165) is 12.8 Å². The van der Waals surface area contributed by atoms with Crippen LogP contribution in [0.1, 0.15) is 38.5 Å². The van der Waals surface area contributed by atoms with Crippen molar-refractivity contribution in [1.29, 1.82) is 0 Å². The number of nitrogens with one attached hydrogen (secondary N) is 2. The molecule has 0 aliphatic heterocycles. The fourth-order valence-corrected chi connectivity index (χ4v) is 1.24. The first-order chi connectivity index (χ1) is 7.65. The van der Waals surface area contributed by atoms with Gasteiger partial charge in [0.05, 0.1) is 6.54 Å². The van der Waals surface area contributed by atoms with Gasteiger partial charge in [0.2, 0.25) is 11.8 Å². The van der Waals surface area contributed by atoms with E-state index in [1.165, 1.54) is 0 Å². The standard InChI is InChI=1S/C10H16N4O2/c1-6(2)11-5-8(15)12-10-14-13-9(16-10)7-3-4-7/h6-7,11H,3-5H2,1-2H3,(H,12,14,15). The fraction of sp³-hybridized carbons (Fsp3) is 0.700. The molecule has 0 aromatic carbocycles. The maximum Gasteiger partial charge on any atom is 0.322 e. The zero-order valence-corrected chi connectivity index (χ0v) is 9.49. The lowest BCUT2D eigenvalue weighted by molar-refractivity contribution is -0.115. The molecule has 0 radical (unpaired) electrons. The minimum Gasteiger partial charge on any atom is -0.408 e. The molecular formula is C10H16N4O2. The number of rotatable bonds is 5. The van der Waals surface area contributed by atoms with Crippen molar-refractivity contribution >= 4 is 11.9 Å². The molecule has 1 aromatic rings. The number of amides is 1. The van der Waals surface area contributed by atoms with Crippen molar-refractivity contribution in [2.45, 2.75) is 38.6 Å². The van der Waals surface area contributed by atoms with E-state index in [-0.39, 0.29) is 24.5 Å². The molecule has 1 fully saturated rings. The highest BCUT2D eigenvalue weighted by atomic mass is 16.4. The lowest BCUT2D eigenvalue weighted by Crippen LogP contribution is -2.32. The quantitative estimate of drug-likeness (QED) is 0.776. The van der Waals surface area contributed by atoms with Gasteiger partial charge in [0.25, 0.3) is 0 Å². The minimum atomic E-state index is -0.167. The molecule has 1 saturated carbocycles. The van der Waals surface area contributed by atoms with Crippen LogP contribution in [0.25, 0.3) is 0 Å². The van der Waals surface area contributed by atoms with E-state index < -0.39 is 0 Å². The van der Waals surface area contributed by atoms with Crippen LogP contribution < -0.4 is 10.6 Å². The Morgan fingerprint density at radius 3 is 2.88 bits per heavy atom. The Kier molecular flexibility index (Phi) is 3.19. The van der Waals surface area contributed by atoms with Gasteiger partial charge >= 0.3 is 6.01 Å². The van der Waals surface area contributed by atoms with Gasteiger partial charge in [0.15, 0.2) is 0 Å². The maximum absolute atomic E-state index is 11.4. The Morgan fingerprint density at radius 1 is 1.50 bits per heavy atom. The predicted octanol–water partition coefficient (Wildman–Crippen LogP) is 0.883. The molecule has 1 aromatic heterocycles. The number of anilines is 1. The summed E-state index contributed by atoms with van der Waals surface area (Å²) in [6, 6.07) is 0.466. The fourth-order valence-electron chi connectivity index (χ4n) is 1.24. The molecule has 1 heterocycles. The highest BCUT2D eigenvalue weighted by molar-refractivity contribution is 5.90. The number of aromatic nitrogens is 2. The Bertz CT molecular complexity index is 371. The first kappa shape index (κ1) is 11.1. The first-order valence-electron chi connectivity index (χ1n) is 5.52. The molecule has 88 valence electrons. The highest BCUT2D eigenvalue weighted by Crippen LogP contribution is 2.39. The minimum absolute atomic E-state index is 0.167. The molecule has 1 aliphatic rings. The molecular weight excluding hydrogens is 208 g/mol. The van der Waals surface area contributed by atoms with Gasteiger partial charge in [-0.1, -0.05) is 18.9 Å². The molecule has 0 saturated heterocycles. The van der Waals surface area contributed by atoms with Gasteiger partial charge in [-0.25, -0.2) is 0 Å². The Balaban J connectivity index is 1.80. The number of hydrogen-bond acceptors (Lipinski definition) is 5. The van der Waals surface area contributed by atoms with Crippen LogP contribution in [0.3, 0.4) is 0 Å². The summed E-state index contributed by atoms with van der Waals surface area (Å²) >= 11 is 0. The number of carbonyl (C=O) groups is 1. The Hall–Kier alpha value is -1.43. The van der Waals surface area contributed by atoms with E-state index in [1.807, 2.05) is 13.8 Å². The molecule has 0 bridgehead atoms. The monoisotopic (exact) mass is 224 g/mol. The Morgan fingerprint density at radius 2 is 2.25 bits per heavy atom. The van der Waals surface area contributed by atoms with Crippen molar-refractivity contribution in [3.8, 4) is 0 Å². The molecule has 2 rings (SSSR count). The number of carbonyl (C=O) groups excluding carboxylic acids is 1. The highest BCUT2D eigenvalue weighted by Gasteiger charge is 2.29. The molecule has 2 N–H and O–H groups in total. The molecule has 0 unspecified atom stereocenters. The van der Waals surface area contributed by atoms with E-state index in [1.54, 1.807) is 0 Å². The van der Waals surface area contributed by atoms with Crippen LogP contribution in [0, 0.1) is 0 Å². The summed E-state index contributed by atoms with van der Waals surface area (Å²) in [7, 11) is 0. The van der Waals surface area contributed by atoms with Crippen LogP contribution in [-0.4, -0.2) is 28.7 Å². The van der Waals surface area contributed by atoms with E-state index in [0.29, 0.717) is 11.8 Å². The molecule has 0 spiro atoms. The van der Waals surface area contributed by atoms with Gasteiger partial charge in [-0.3, -0.25) is 10.1 Å². The Labute approximate surface area is 93.8 Å². The summed E-state index contributed by atoms with van der Waals surface area (Å²) in [4.78, 5) is 11.4. The summed E-state index contributed by atoms with van der Waals surface area (Å²) in [6.45, 7) is 4.20. The normalized spacial score (nSPS) is 15.4. The van der Waals surface area contributed by atoms with Gasteiger partial charge < -0.3 is 9.73 Å². The molecule has 6 nitrogen and oxygen atoms in total. The zero-order chi connectivity index (χ0) is 11.5. The van der Waals surface area contributed by atoms with Crippen molar-refractivity contribution in [2.75, 3.05) is 11.9 Å². The van der Waals surface area contributed by atoms with Gasteiger partial charge in [-0.05, 0) is 12.8 Å². The lowest BCUT2D eigenvalue weighted by Gasteiger charge is -2.06. The SMILES string of the molecule is CC(C)NCC(=O)Nc1nnc(C2CC2)o1. The molecule has 1 amide bonds. The third-order valence-corrected chi connectivity index (χ3v) is 2.28. The van der Waals surface area contributed by atoms with E-state index in [4.69, 9.17) is 4.42 Å².